The van der Waals surface area contributed by atoms with Crippen LogP contribution in [0.25, 0.3) is 0 Å². The van der Waals surface area contributed by atoms with E-state index in [0.29, 0.717) is 6.54 Å². The van der Waals surface area contributed by atoms with E-state index in [0.717, 1.165) is 25.2 Å². The van der Waals surface area contributed by atoms with Gasteiger partial charge in [-0.05, 0) is 31.3 Å². The third-order valence-electron chi connectivity index (χ3n) is 3.11. The second kappa shape index (κ2) is 7.66. The molecule has 0 aliphatic rings. The Bertz CT molecular complexity index is 488. The zero-order valence-electron chi connectivity index (χ0n) is 11.9. The standard InChI is InChI=1S/C14H18ClF3N2O/c1-3-20(4-2)8-7-13(21)19-10-5-6-12(15)11(9-10)14(16,17)18/h5-6,9H,3-4,7-8H2,1-2H3,(H,19,21). The van der Waals surface area contributed by atoms with Crippen LogP contribution in [0.15, 0.2) is 18.2 Å². The summed E-state index contributed by atoms with van der Waals surface area (Å²) in [5.74, 6) is -0.322. The van der Waals surface area contributed by atoms with E-state index in [-0.39, 0.29) is 23.0 Å². The summed E-state index contributed by atoms with van der Waals surface area (Å²) >= 11 is 5.52. The molecule has 0 spiro atoms. The minimum atomic E-state index is -4.54. The first-order chi connectivity index (χ1) is 9.77. The monoisotopic (exact) mass is 322 g/mol. The second-order valence-electron chi connectivity index (χ2n) is 4.52. The van der Waals surface area contributed by atoms with Gasteiger partial charge in [-0.25, -0.2) is 0 Å². The van der Waals surface area contributed by atoms with Gasteiger partial charge in [0.1, 0.15) is 0 Å². The van der Waals surface area contributed by atoms with E-state index in [2.05, 4.69) is 10.2 Å². The number of benzene rings is 1. The highest BCUT2D eigenvalue weighted by atomic mass is 35.5. The summed E-state index contributed by atoms with van der Waals surface area (Å²) in [4.78, 5) is 13.8. The van der Waals surface area contributed by atoms with Crippen LogP contribution < -0.4 is 5.32 Å². The van der Waals surface area contributed by atoms with Crippen LogP contribution in [0.2, 0.25) is 5.02 Å². The van der Waals surface area contributed by atoms with Crippen LogP contribution in [0.1, 0.15) is 25.8 Å². The normalized spacial score (nSPS) is 11.8. The molecule has 0 fully saturated rings. The first-order valence-corrected chi connectivity index (χ1v) is 7.04. The first-order valence-electron chi connectivity index (χ1n) is 6.66. The van der Waals surface area contributed by atoms with Crippen LogP contribution in [0, 0.1) is 0 Å². The van der Waals surface area contributed by atoms with Crippen LogP contribution in [-0.2, 0) is 11.0 Å². The van der Waals surface area contributed by atoms with Crippen LogP contribution >= 0.6 is 11.6 Å². The topological polar surface area (TPSA) is 32.3 Å². The summed E-state index contributed by atoms with van der Waals surface area (Å²) in [6.45, 7) is 6.18. The van der Waals surface area contributed by atoms with Crippen molar-refractivity contribution in [2.45, 2.75) is 26.4 Å². The Morgan fingerprint density at radius 3 is 2.43 bits per heavy atom. The zero-order valence-corrected chi connectivity index (χ0v) is 12.7. The Labute approximate surface area is 127 Å². The minimum Gasteiger partial charge on any atom is -0.326 e. The van der Waals surface area contributed by atoms with Crippen molar-refractivity contribution in [3.8, 4) is 0 Å². The van der Waals surface area contributed by atoms with Crippen molar-refractivity contribution in [1.82, 2.24) is 4.90 Å². The van der Waals surface area contributed by atoms with Crippen molar-refractivity contribution in [3.05, 3.63) is 28.8 Å². The maximum absolute atomic E-state index is 12.7. The van der Waals surface area contributed by atoms with Gasteiger partial charge in [0.25, 0.3) is 0 Å². The van der Waals surface area contributed by atoms with Gasteiger partial charge in [-0.2, -0.15) is 13.2 Å². The molecule has 0 aliphatic heterocycles. The van der Waals surface area contributed by atoms with Crippen LogP contribution in [0.4, 0.5) is 18.9 Å². The zero-order chi connectivity index (χ0) is 16.0. The number of carbonyl (C=O) groups is 1. The molecule has 1 aromatic carbocycles. The number of hydrogen-bond donors (Lipinski definition) is 1. The summed E-state index contributed by atoms with van der Waals surface area (Å²) in [7, 11) is 0. The molecule has 1 N–H and O–H groups in total. The lowest BCUT2D eigenvalue weighted by Gasteiger charge is -2.17. The van der Waals surface area contributed by atoms with Gasteiger partial charge >= 0.3 is 6.18 Å². The summed E-state index contributed by atoms with van der Waals surface area (Å²) in [6.07, 6.45) is -4.31. The molecule has 0 heterocycles. The van der Waals surface area contributed by atoms with E-state index in [1.807, 2.05) is 13.8 Å². The van der Waals surface area contributed by atoms with Crippen LogP contribution in [0.5, 0.6) is 0 Å². The summed E-state index contributed by atoms with van der Waals surface area (Å²) in [5.41, 5.74) is -0.859. The molecule has 7 heteroatoms. The quantitative estimate of drug-likeness (QED) is 0.857. The van der Waals surface area contributed by atoms with Gasteiger partial charge < -0.3 is 10.2 Å². The van der Waals surface area contributed by atoms with Crippen molar-refractivity contribution in [1.29, 1.82) is 0 Å². The molecule has 21 heavy (non-hydrogen) atoms. The smallest absolute Gasteiger partial charge is 0.326 e. The predicted molar refractivity (Wildman–Crippen MR) is 77.5 cm³/mol. The van der Waals surface area contributed by atoms with Gasteiger partial charge in [-0.15, -0.1) is 0 Å². The Balaban J connectivity index is 2.69. The van der Waals surface area contributed by atoms with Gasteiger partial charge in [0, 0.05) is 18.7 Å². The predicted octanol–water partition coefficient (Wildman–Crippen LogP) is 4.03. The third kappa shape index (κ3) is 5.55. The molecule has 118 valence electrons. The number of halogens is 4. The molecule has 1 amide bonds. The third-order valence-corrected chi connectivity index (χ3v) is 3.43. The fraction of sp³-hybridized carbons (Fsp3) is 0.500. The maximum Gasteiger partial charge on any atom is 0.417 e. The average molecular weight is 323 g/mol. The van der Waals surface area contributed by atoms with Crippen molar-refractivity contribution in [2.24, 2.45) is 0 Å². The molecule has 0 aliphatic carbocycles. The van der Waals surface area contributed by atoms with Crippen LogP contribution in [0.3, 0.4) is 0 Å². The van der Waals surface area contributed by atoms with Gasteiger partial charge in [-0.1, -0.05) is 25.4 Å². The Kier molecular flexibility index (Phi) is 6.48. The lowest BCUT2D eigenvalue weighted by molar-refractivity contribution is -0.137. The Morgan fingerprint density at radius 2 is 1.90 bits per heavy atom. The van der Waals surface area contributed by atoms with E-state index >= 15 is 0 Å². The van der Waals surface area contributed by atoms with Gasteiger partial charge in [0.15, 0.2) is 0 Å². The highest BCUT2D eigenvalue weighted by molar-refractivity contribution is 6.31. The Hall–Kier alpha value is -1.27. The van der Waals surface area contributed by atoms with Gasteiger partial charge in [0.2, 0.25) is 5.91 Å². The van der Waals surface area contributed by atoms with Gasteiger partial charge in [-0.3, -0.25) is 4.79 Å². The van der Waals surface area contributed by atoms with E-state index in [9.17, 15) is 18.0 Å². The number of rotatable bonds is 6. The fourth-order valence-corrected chi connectivity index (χ4v) is 2.07. The lowest BCUT2D eigenvalue weighted by Crippen LogP contribution is -2.27. The van der Waals surface area contributed by atoms with Crippen molar-refractivity contribution in [3.63, 3.8) is 0 Å². The molecule has 0 saturated heterocycles. The number of amides is 1. The number of anilines is 1. The number of nitrogens with one attached hydrogen (secondary N) is 1. The first kappa shape index (κ1) is 17.8. The summed E-state index contributed by atoms with van der Waals surface area (Å²) in [6, 6.07) is 3.33. The van der Waals surface area contributed by atoms with Crippen LogP contribution in [-0.4, -0.2) is 30.4 Å². The number of alkyl halides is 3. The molecule has 0 aromatic heterocycles. The average Bonchev–Trinajstić information content (AvgIpc) is 2.41. The minimum absolute atomic E-state index is 0.0938. The van der Waals surface area contributed by atoms with E-state index < -0.39 is 11.7 Å². The van der Waals surface area contributed by atoms with Gasteiger partial charge in [0.05, 0.1) is 10.6 Å². The van der Waals surface area contributed by atoms with E-state index in [1.165, 1.54) is 6.07 Å². The highest BCUT2D eigenvalue weighted by Gasteiger charge is 2.33. The molecule has 0 unspecified atom stereocenters. The summed E-state index contributed by atoms with van der Waals surface area (Å²) < 4.78 is 38.1. The number of hydrogen-bond acceptors (Lipinski definition) is 2. The second-order valence-corrected chi connectivity index (χ2v) is 4.92. The molecular formula is C14H18ClF3N2O. The molecule has 0 atom stereocenters. The molecule has 1 rings (SSSR count). The van der Waals surface area contributed by atoms with E-state index in [4.69, 9.17) is 11.6 Å². The Morgan fingerprint density at radius 1 is 1.29 bits per heavy atom. The van der Waals surface area contributed by atoms with Crippen molar-refractivity contribution >= 4 is 23.2 Å². The largest absolute Gasteiger partial charge is 0.417 e. The van der Waals surface area contributed by atoms with Crippen molar-refractivity contribution < 1.29 is 18.0 Å². The highest BCUT2D eigenvalue weighted by Crippen LogP contribution is 2.36. The number of nitrogens with zero attached hydrogens (tertiary/aromatic N) is 1. The lowest BCUT2D eigenvalue weighted by atomic mass is 10.2. The number of carbonyl (C=O) groups excluding carboxylic acids is 1. The molecule has 0 radical (unpaired) electrons. The molecule has 0 saturated carbocycles. The molecular weight excluding hydrogens is 305 g/mol. The van der Waals surface area contributed by atoms with Crippen molar-refractivity contribution in [2.75, 3.05) is 25.0 Å². The fourth-order valence-electron chi connectivity index (χ4n) is 1.84. The van der Waals surface area contributed by atoms with E-state index in [1.54, 1.807) is 0 Å². The maximum atomic E-state index is 12.7. The SMILES string of the molecule is CCN(CC)CCC(=O)Nc1ccc(Cl)c(C(F)(F)F)c1. The molecule has 0 bridgehead atoms. The molecule has 3 nitrogen and oxygen atoms in total. The summed E-state index contributed by atoms with van der Waals surface area (Å²) in [5, 5.41) is 2.08. The molecule has 1 aromatic rings.